The van der Waals surface area contributed by atoms with Gasteiger partial charge in [0.15, 0.2) is 0 Å². The molecule has 0 spiro atoms. The van der Waals surface area contributed by atoms with Crippen molar-refractivity contribution in [3.8, 4) is 17.1 Å². The number of hydrogen-bond donors (Lipinski definition) is 0. The van der Waals surface area contributed by atoms with Crippen LogP contribution >= 0.6 is 0 Å². The first-order chi connectivity index (χ1) is 27.6. The summed E-state index contributed by atoms with van der Waals surface area (Å²) < 4.78 is 7.13. The van der Waals surface area contributed by atoms with Crippen LogP contribution in [0.5, 0.6) is 0 Å². The molecule has 0 aliphatic rings. The number of hydrogen-bond acceptors (Lipinski definition) is 1. The molecule has 0 aliphatic heterocycles. The zero-order valence-corrected chi connectivity index (χ0v) is 31.3. The van der Waals surface area contributed by atoms with Gasteiger partial charge in [0.25, 0.3) is 0 Å². The minimum absolute atomic E-state index is 1.09. The highest BCUT2D eigenvalue weighted by atomic mass is 15.1. The number of benzene rings is 8. The lowest BCUT2D eigenvalue weighted by Gasteiger charge is -2.26. The van der Waals surface area contributed by atoms with Gasteiger partial charge >= 0.3 is 0 Å². The normalized spacial score (nSPS) is 11.8. The number of aromatic nitrogens is 3. The Balaban J connectivity index is 1.09. The SMILES string of the molecule is Cc1ccc(N(c2cccc(-n3ccc4c3ccc3c5ccccc5n(-c5ccccc5)c34)c2)c2ccc3c(c2)c2ccccc2n3-c2ccc(C)cc2)cc1. The fourth-order valence-electron chi connectivity index (χ4n) is 8.74. The van der Waals surface area contributed by atoms with Crippen LogP contribution in [0.1, 0.15) is 11.1 Å². The zero-order valence-electron chi connectivity index (χ0n) is 31.3. The lowest BCUT2D eigenvalue weighted by atomic mass is 10.1. The van der Waals surface area contributed by atoms with E-state index in [2.05, 4.69) is 227 Å². The quantitative estimate of drug-likeness (QED) is 0.167. The standard InChI is InChI=1S/C52H38N4/c1-35-19-23-38(24-20-35)54(42-27-29-51-47(34-42)44-16-7-8-17-49(44)55(51)39-25-21-36(2)22-26-39)41-14-10-13-40(33-41)53-32-31-46-48(53)30-28-45-43-15-6-9-18-50(43)56(52(45)46)37-11-4-3-5-12-37/h3-34H,1-2H3. The minimum Gasteiger partial charge on any atom is -0.316 e. The van der Waals surface area contributed by atoms with Crippen molar-refractivity contribution in [3.63, 3.8) is 0 Å². The second-order valence-electron chi connectivity index (χ2n) is 14.8. The number of nitrogens with zero attached hydrogens (tertiary/aromatic N) is 4. The molecule has 3 heterocycles. The Morgan fingerprint density at radius 1 is 0.339 bits per heavy atom. The van der Waals surface area contributed by atoms with Gasteiger partial charge in [-0.1, -0.05) is 102 Å². The van der Waals surface area contributed by atoms with Crippen LogP contribution in [0.2, 0.25) is 0 Å². The molecule has 0 saturated heterocycles. The first-order valence-electron chi connectivity index (χ1n) is 19.3. The molecule has 11 rings (SSSR count). The third kappa shape index (κ3) is 5.00. The predicted molar refractivity (Wildman–Crippen MR) is 236 cm³/mol. The van der Waals surface area contributed by atoms with Gasteiger partial charge in [0, 0.05) is 67.3 Å². The first-order valence-corrected chi connectivity index (χ1v) is 19.3. The summed E-state index contributed by atoms with van der Waals surface area (Å²) in [5, 5.41) is 6.20. The smallest absolute Gasteiger partial charge is 0.0635 e. The molecular weight excluding hydrogens is 681 g/mol. The predicted octanol–water partition coefficient (Wildman–Crippen LogP) is 13.9. The van der Waals surface area contributed by atoms with Crippen molar-refractivity contribution in [1.29, 1.82) is 0 Å². The van der Waals surface area contributed by atoms with Crippen molar-refractivity contribution in [2.45, 2.75) is 13.8 Å². The molecule has 0 amide bonds. The van der Waals surface area contributed by atoms with Gasteiger partial charge in [-0.05, 0) is 111 Å². The maximum atomic E-state index is 2.42. The highest BCUT2D eigenvalue weighted by Gasteiger charge is 2.20. The van der Waals surface area contributed by atoms with E-state index in [0.717, 1.165) is 34.1 Å². The van der Waals surface area contributed by atoms with Gasteiger partial charge in [0.2, 0.25) is 0 Å². The van der Waals surface area contributed by atoms with Crippen LogP contribution in [-0.2, 0) is 0 Å². The van der Waals surface area contributed by atoms with Gasteiger partial charge in [0.1, 0.15) is 0 Å². The lowest BCUT2D eigenvalue weighted by Crippen LogP contribution is -2.10. The average Bonchev–Trinajstić information content (AvgIpc) is 3.93. The molecule has 266 valence electrons. The molecule has 11 aromatic rings. The number of anilines is 3. The van der Waals surface area contributed by atoms with Gasteiger partial charge in [0.05, 0.1) is 27.6 Å². The van der Waals surface area contributed by atoms with E-state index in [0.29, 0.717) is 0 Å². The van der Waals surface area contributed by atoms with Gasteiger partial charge in [-0.2, -0.15) is 0 Å². The maximum Gasteiger partial charge on any atom is 0.0635 e. The molecule has 4 nitrogen and oxygen atoms in total. The molecule has 0 bridgehead atoms. The van der Waals surface area contributed by atoms with Crippen molar-refractivity contribution < 1.29 is 0 Å². The van der Waals surface area contributed by atoms with Crippen LogP contribution in [0, 0.1) is 13.8 Å². The fraction of sp³-hybridized carbons (Fsp3) is 0.0385. The van der Waals surface area contributed by atoms with E-state index in [1.165, 1.54) is 65.6 Å². The molecule has 0 radical (unpaired) electrons. The van der Waals surface area contributed by atoms with Crippen LogP contribution < -0.4 is 4.90 Å². The Hall–Kier alpha value is -7.30. The van der Waals surface area contributed by atoms with E-state index < -0.39 is 0 Å². The largest absolute Gasteiger partial charge is 0.316 e. The first kappa shape index (κ1) is 32.2. The molecule has 0 N–H and O–H groups in total. The molecule has 0 unspecified atom stereocenters. The average molecular weight is 719 g/mol. The number of rotatable bonds is 6. The van der Waals surface area contributed by atoms with Crippen LogP contribution in [-0.4, -0.2) is 13.7 Å². The molecule has 3 aromatic heterocycles. The van der Waals surface area contributed by atoms with Crippen LogP contribution in [0.25, 0.3) is 71.6 Å². The Kier molecular flexibility index (Phi) is 7.26. The molecule has 0 atom stereocenters. The topological polar surface area (TPSA) is 18.0 Å². The lowest BCUT2D eigenvalue weighted by molar-refractivity contribution is 1.12. The Bertz CT molecular complexity index is 3250. The van der Waals surface area contributed by atoms with E-state index in [4.69, 9.17) is 0 Å². The number of para-hydroxylation sites is 3. The molecule has 56 heavy (non-hydrogen) atoms. The Labute approximate surface area is 325 Å². The molecule has 0 saturated carbocycles. The van der Waals surface area contributed by atoms with Gasteiger partial charge < -0.3 is 18.6 Å². The van der Waals surface area contributed by atoms with Crippen LogP contribution in [0.4, 0.5) is 17.1 Å². The summed E-state index contributed by atoms with van der Waals surface area (Å²) in [6.07, 6.45) is 2.22. The van der Waals surface area contributed by atoms with E-state index in [-0.39, 0.29) is 0 Å². The second-order valence-corrected chi connectivity index (χ2v) is 14.8. The maximum absolute atomic E-state index is 2.42. The third-order valence-corrected chi connectivity index (χ3v) is 11.4. The van der Waals surface area contributed by atoms with Gasteiger partial charge in [-0.15, -0.1) is 0 Å². The van der Waals surface area contributed by atoms with E-state index in [1.807, 2.05) is 0 Å². The Morgan fingerprint density at radius 2 is 0.911 bits per heavy atom. The highest BCUT2D eigenvalue weighted by molar-refractivity contribution is 6.18. The van der Waals surface area contributed by atoms with Gasteiger partial charge in [-0.25, -0.2) is 0 Å². The Morgan fingerprint density at radius 3 is 1.68 bits per heavy atom. The summed E-state index contributed by atoms with van der Waals surface area (Å²) >= 11 is 0. The highest BCUT2D eigenvalue weighted by Crippen LogP contribution is 2.42. The molecule has 4 heteroatoms. The summed E-state index contributed by atoms with van der Waals surface area (Å²) in [5.74, 6) is 0. The molecule has 0 fully saturated rings. The van der Waals surface area contributed by atoms with E-state index >= 15 is 0 Å². The van der Waals surface area contributed by atoms with Crippen molar-refractivity contribution in [1.82, 2.24) is 13.7 Å². The van der Waals surface area contributed by atoms with Crippen molar-refractivity contribution >= 4 is 71.6 Å². The van der Waals surface area contributed by atoms with Crippen molar-refractivity contribution in [2.24, 2.45) is 0 Å². The van der Waals surface area contributed by atoms with Crippen molar-refractivity contribution in [2.75, 3.05) is 4.90 Å². The van der Waals surface area contributed by atoms with Crippen molar-refractivity contribution in [3.05, 3.63) is 205 Å². The van der Waals surface area contributed by atoms with E-state index in [1.54, 1.807) is 0 Å². The number of aryl methyl sites for hydroxylation is 2. The summed E-state index contributed by atoms with van der Waals surface area (Å²) in [6, 6.07) is 68.6. The summed E-state index contributed by atoms with van der Waals surface area (Å²) in [4.78, 5) is 2.39. The zero-order chi connectivity index (χ0) is 37.3. The fourth-order valence-corrected chi connectivity index (χ4v) is 8.74. The van der Waals surface area contributed by atoms with Crippen LogP contribution in [0.3, 0.4) is 0 Å². The monoisotopic (exact) mass is 718 g/mol. The van der Waals surface area contributed by atoms with Crippen LogP contribution in [0.15, 0.2) is 194 Å². The summed E-state index contributed by atoms with van der Waals surface area (Å²) in [6.45, 7) is 4.28. The third-order valence-electron chi connectivity index (χ3n) is 11.4. The minimum atomic E-state index is 1.09. The summed E-state index contributed by atoms with van der Waals surface area (Å²) in [7, 11) is 0. The number of fused-ring (bicyclic) bond motifs is 8. The second kappa shape index (κ2) is 12.6. The van der Waals surface area contributed by atoms with E-state index in [9.17, 15) is 0 Å². The molecule has 0 aliphatic carbocycles. The molecular formula is C52H38N4. The molecule has 8 aromatic carbocycles. The van der Waals surface area contributed by atoms with Gasteiger partial charge in [-0.3, -0.25) is 0 Å². The summed E-state index contributed by atoms with van der Waals surface area (Å²) in [5.41, 5.74) is 15.2.